The number of hydrogen-bond acceptors (Lipinski definition) is 4. The third-order valence-corrected chi connectivity index (χ3v) is 4.92. The molecule has 1 aromatic heterocycles. The number of carbonyl (C=O) groups is 1. The molecule has 4 rings (SSSR count). The zero-order valence-corrected chi connectivity index (χ0v) is 17.7. The van der Waals surface area contributed by atoms with E-state index in [1.54, 1.807) is 11.6 Å². The SMILES string of the molecule is Cc1cc(=O)c(C(=O)NCc2cccc(OCc3ccccc3)c2)nn1-c1ccccc1. The Morgan fingerprint density at radius 3 is 2.34 bits per heavy atom. The zero-order chi connectivity index (χ0) is 22.3. The molecular weight excluding hydrogens is 402 g/mol. The minimum absolute atomic E-state index is 0.143. The van der Waals surface area contributed by atoms with E-state index in [0.717, 1.165) is 16.8 Å². The van der Waals surface area contributed by atoms with Crippen molar-refractivity contribution in [2.24, 2.45) is 0 Å². The summed E-state index contributed by atoms with van der Waals surface area (Å²) in [5.41, 5.74) is 2.82. The molecule has 0 spiro atoms. The lowest BCUT2D eigenvalue weighted by Gasteiger charge is -2.12. The first kappa shape index (κ1) is 21.1. The maximum absolute atomic E-state index is 12.7. The molecule has 4 aromatic rings. The van der Waals surface area contributed by atoms with Gasteiger partial charge in [0.2, 0.25) is 5.43 Å². The Balaban J connectivity index is 1.44. The largest absolute Gasteiger partial charge is 0.489 e. The number of hydrogen-bond donors (Lipinski definition) is 1. The number of amides is 1. The van der Waals surface area contributed by atoms with Gasteiger partial charge in [-0.1, -0.05) is 60.7 Å². The van der Waals surface area contributed by atoms with Crippen molar-refractivity contribution in [3.63, 3.8) is 0 Å². The van der Waals surface area contributed by atoms with Crippen molar-refractivity contribution in [2.75, 3.05) is 0 Å². The number of aromatic nitrogens is 2. The quantitative estimate of drug-likeness (QED) is 0.485. The number of nitrogens with one attached hydrogen (secondary N) is 1. The summed E-state index contributed by atoms with van der Waals surface area (Å²) in [6.45, 7) is 2.49. The molecule has 160 valence electrons. The van der Waals surface area contributed by atoms with Crippen LogP contribution in [-0.4, -0.2) is 15.7 Å². The first-order valence-corrected chi connectivity index (χ1v) is 10.3. The van der Waals surface area contributed by atoms with Crippen molar-refractivity contribution in [3.05, 3.63) is 124 Å². The molecular formula is C26H23N3O3. The van der Waals surface area contributed by atoms with Gasteiger partial charge in [-0.2, -0.15) is 5.10 Å². The third-order valence-electron chi connectivity index (χ3n) is 4.92. The van der Waals surface area contributed by atoms with Crippen molar-refractivity contribution in [3.8, 4) is 11.4 Å². The van der Waals surface area contributed by atoms with Crippen LogP contribution in [0.5, 0.6) is 5.75 Å². The fraction of sp³-hybridized carbons (Fsp3) is 0.115. The number of benzene rings is 3. The molecule has 0 radical (unpaired) electrons. The highest BCUT2D eigenvalue weighted by molar-refractivity contribution is 5.92. The maximum atomic E-state index is 12.7. The van der Waals surface area contributed by atoms with Gasteiger partial charge < -0.3 is 10.1 Å². The Labute approximate surface area is 186 Å². The van der Waals surface area contributed by atoms with Crippen LogP contribution < -0.4 is 15.5 Å². The summed E-state index contributed by atoms with van der Waals surface area (Å²) in [5, 5.41) is 7.09. The lowest BCUT2D eigenvalue weighted by molar-refractivity contribution is 0.0943. The zero-order valence-electron chi connectivity index (χ0n) is 17.7. The van der Waals surface area contributed by atoms with E-state index in [1.165, 1.54) is 6.07 Å². The number of ether oxygens (including phenoxy) is 1. The molecule has 0 saturated heterocycles. The summed E-state index contributed by atoms with van der Waals surface area (Å²) in [6, 6.07) is 28.2. The van der Waals surface area contributed by atoms with Crippen molar-refractivity contribution >= 4 is 5.91 Å². The fourth-order valence-electron chi connectivity index (χ4n) is 3.29. The molecule has 1 amide bonds. The van der Waals surface area contributed by atoms with E-state index in [9.17, 15) is 9.59 Å². The molecule has 0 aliphatic rings. The first-order valence-electron chi connectivity index (χ1n) is 10.3. The number of rotatable bonds is 7. The van der Waals surface area contributed by atoms with Crippen LogP contribution in [0.3, 0.4) is 0 Å². The maximum Gasteiger partial charge on any atom is 0.276 e. The number of aryl methyl sites for hydroxylation is 1. The van der Waals surface area contributed by atoms with Gasteiger partial charge in [0.1, 0.15) is 12.4 Å². The van der Waals surface area contributed by atoms with E-state index in [2.05, 4.69) is 10.4 Å². The smallest absolute Gasteiger partial charge is 0.276 e. The van der Waals surface area contributed by atoms with E-state index < -0.39 is 11.3 Å². The van der Waals surface area contributed by atoms with Gasteiger partial charge in [-0.05, 0) is 42.3 Å². The molecule has 6 heteroatoms. The van der Waals surface area contributed by atoms with Gasteiger partial charge in [-0.25, -0.2) is 4.68 Å². The van der Waals surface area contributed by atoms with E-state index in [-0.39, 0.29) is 12.2 Å². The number of carbonyl (C=O) groups excluding carboxylic acids is 1. The van der Waals surface area contributed by atoms with Crippen LogP contribution in [0.15, 0.2) is 95.8 Å². The Morgan fingerprint density at radius 2 is 1.59 bits per heavy atom. The van der Waals surface area contributed by atoms with Crippen LogP contribution in [0.25, 0.3) is 5.69 Å². The van der Waals surface area contributed by atoms with Crippen LogP contribution in [0.1, 0.15) is 27.3 Å². The van der Waals surface area contributed by atoms with E-state index in [0.29, 0.717) is 18.1 Å². The van der Waals surface area contributed by atoms with Gasteiger partial charge in [-0.3, -0.25) is 9.59 Å². The van der Waals surface area contributed by atoms with Gasteiger partial charge in [0.15, 0.2) is 5.69 Å². The average Bonchev–Trinajstić information content (AvgIpc) is 2.83. The van der Waals surface area contributed by atoms with Gasteiger partial charge >= 0.3 is 0 Å². The summed E-state index contributed by atoms with van der Waals surface area (Å²) in [4.78, 5) is 25.1. The average molecular weight is 425 g/mol. The lowest BCUT2D eigenvalue weighted by Crippen LogP contribution is -2.31. The molecule has 0 atom stereocenters. The number of para-hydroxylation sites is 1. The summed E-state index contributed by atoms with van der Waals surface area (Å²) >= 11 is 0. The molecule has 6 nitrogen and oxygen atoms in total. The minimum atomic E-state index is -0.518. The van der Waals surface area contributed by atoms with Crippen LogP contribution in [0.2, 0.25) is 0 Å². The standard InChI is InChI=1S/C26H23N3O3/c1-19-15-24(30)25(28-29(19)22-12-6-3-7-13-22)26(31)27-17-21-11-8-14-23(16-21)32-18-20-9-4-2-5-10-20/h2-16H,17-18H2,1H3,(H,27,31). The Kier molecular flexibility index (Phi) is 6.41. The van der Waals surface area contributed by atoms with Crippen molar-refractivity contribution in [2.45, 2.75) is 20.1 Å². The molecule has 0 aliphatic carbocycles. The second kappa shape index (κ2) is 9.75. The van der Waals surface area contributed by atoms with E-state index in [4.69, 9.17) is 4.74 Å². The van der Waals surface area contributed by atoms with E-state index >= 15 is 0 Å². The van der Waals surface area contributed by atoms with Gasteiger partial charge in [0.25, 0.3) is 5.91 Å². The molecule has 0 aliphatic heterocycles. The molecule has 32 heavy (non-hydrogen) atoms. The van der Waals surface area contributed by atoms with Crippen molar-refractivity contribution in [1.82, 2.24) is 15.1 Å². The predicted molar refractivity (Wildman–Crippen MR) is 123 cm³/mol. The topological polar surface area (TPSA) is 73.2 Å². The molecule has 1 N–H and O–H groups in total. The summed E-state index contributed by atoms with van der Waals surface area (Å²) in [5.74, 6) is 0.191. The van der Waals surface area contributed by atoms with E-state index in [1.807, 2.05) is 84.9 Å². The highest BCUT2D eigenvalue weighted by Crippen LogP contribution is 2.15. The lowest BCUT2D eigenvalue weighted by atomic mass is 10.2. The van der Waals surface area contributed by atoms with Gasteiger partial charge in [-0.15, -0.1) is 0 Å². The normalized spacial score (nSPS) is 10.5. The fourth-order valence-corrected chi connectivity index (χ4v) is 3.29. The van der Waals surface area contributed by atoms with Gasteiger partial charge in [0, 0.05) is 18.3 Å². The molecule has 0 saturated carbocycles. The monoisotopic (exact) mass is 425 g/mol. The Morgan fingerprint density at radius 1 is 0.906 bits per heavy atom. The molecule has 0 unspecified atom stereocenters. The third kappa shape index (κ3) is 5.10. The van der Waals surface area contributed by atoms with Crippen LogP contribution >= 0.6 is 0 Å². The second-order valence-electron chi connectivity index (χ2n) is 7.35. The second-order valence-corrected chi connectivity index (χ2v) is 7.35. The Hall–Kier alpha value is -4.19. The van der Waals surface area contributed by atoms with Crippen LogP contribution in [-0.2, 0) is 13.2 Å². The first-order chi connectivity index (χ1) is 15.6. The summed E-state index contributed by atoms with van der Waals surface area (Å²) in [7, 11) is 0. The van der Waals surface area contributed by atoms with Crippen molar-refractivity contribution in [1.29, 1.82) is 0 Å². The van der Waals surface area contributed by atoms with Crippen LogP contribution in [0, 0.1) is 6.92 Å². The highest BCUT2D eigenvalue weighted by atomic mass is 16.5. The molecule has 1 heterocycles. The summed E-state index contributed by atoms with van der Waals surface area (Å²) in [6.07, 6.45) is 0. The molecule has 3 aromatic carbocycles. The summed E-state index contributed by atoms with van der Waals surface area (Å²) < 4.78 is 7.43. The van der Waals surface area contributed by atoms with Crippen molar-refractivity contribution < 1.29 is 9.53 Å². The number of nitrogens with zero attached hydrogens (tertiary/aromatic N) is 2. The van der Waals surface area contributed by atoms with Crippen LogP contribution in [0.4, 0.5) is 0 Å². The molecule has 0 fully saturated rings. The Bertz CT molecular complexity index is 1270. The molecule has 0 bridgehead atoms. The predicted octanol–water partition coefficient (Wildman–Crippen LogP) is 4.05. The van der Waals surface area contributed by atoms with Gasteiger partial charge in [0.05, 0.1) is 5.69 Å². The minimum Gasteiger partial charge on any atom is -0.489 e. The highest BCUT2D eigenvalue weighted by Gasteiger charge is 2.15.